The molecule has 0 radical (unpaired) electrons. The molecular formula is C7H13F2N3O. The van der Waals surface area contributed by atoms with E-state index < -0.39 is 18.5 Å². The molecule has 0 aliphatic carbocycles. The Bertz CT molecular complexity index is 210. The number of ether oxygens (including phenoxy) is 1. The van der Waals surface area contributed by atoms with Gasteiger partial charge in [0.25, 0.3) is 5.92 Å². The Balaban J connectivity index is 2.65. The summed E-state index contributed by atoms with van der Waals surface area (Å²) in [6.07, 6.45) is -0.291. The van der Waals surface area contributed by atoms with Crippen molar-refractivity contribution in [1.82, 2.24) is 4.90 Å². The Hall–Kier alpha value is -0.910. The van der Waals surface area contributed by atoms with Crippen LogP contribution in [0.15, 0.2) is 0 Å². The highest BCUT2D eigenvalue weighted by Crippen LogP contribution is 2.31. The molecule has 0 spiro atoms. The summed E-state index contributed by atoms with van der Waals surface area (Å²) in [4.78, 5) is 1.17. The number of nitrogens with two attached hydrogens (primary N) is 1. The normalized spacial score (nSPS) is 26.4. The topological polar surface area (TPSA) is 62.3 Å². The van der Waals surface area contributed by atoms with E-state index in [0.29, 0.717) is 0 Å². The summed E-state index contributed by atoms with van der Waals surface area (Å²) in [5.74, 6) is -3.08. The zero-order valence-corrected chi connectivity index (χ0v) is 7.39. The van der Waals surface area contributed by atoms with Gasteiger partial charge in [0, 0.05) is 13.5 Å². The minimum atomic E-state index is -2.76. The van der Waals surface area contributed by atoms with Crippen LogP contribution in [0.25, 0.3) is 0 Å². The van der Waals surface area contributed by atoms with Crippen molar-refractivity contribution in [3.63, 3.8) is 0 Å². The molecule has 0 amide bonds. The molecule has 76 valence electrons. The van der Waals surface area contributed by atoms with Crippen molar-refractivity contribution in [2.45, 2.75) is 18.4 Å². The number of halogens is 2. The molecule has 3 N–H and O–H groups in total. The van der Waals surface area contributed by atoms with Gasteiger partial charge in [-0.15, -0.1) is 0 Å². The number of hydrogen-bond donors (Lipinski definition) is 2. The Morgan fingerprint density at radius 1 is 1.77 bits per heavy atom. The molecule has 0 aromatic carbocycles. The van der Waals surface area contributed by atoms with Crippen molar-refractivity contribution in [3.05, 3.63) is 0 Å². The lowest BCUT2D eigenvalue weighted by molar-refractivity contribution is 0.0150. The van der Waals surface area contributed by atoms with Gasteiger partial charge in [-0.2, -0.15) is 0 Å². The molecule has 1 atom stereocenters. The maximum absolute atomic E-state index is 12.9. The van der Waals surface area contributed by atoms with Crippen molar-refractivity contribution >= 4 is 5.96 Å². The van der Waals surface area contributed by atoms with Gasteiger partial charge < -0.3 is 15.4 Å². The van der Waals surface area contributed by atoms with Crippen molar-refractivity contribution in [2.24, 2.45) is 5.73 Å². The van der Waals surface area contributed by atoms with E-state index in [1.807, 2.05) is 0 Å². The predicted octanol–water partition coefficient (Wildman–Crippen LogP) is 0.236. The number of nitrogens with one attached hydrogen (secondary N) is 1. The molecule has 6 heteroatoms. The molecule has 13 heavy (non-hydrogen) atoms. The predicted molar refractivity (Wildman–Crippen MR) is 43.8 cm³/mol. The highest BCUT2D eigenvalue weighted by molar-refractivity contribution is 5.75. The second kappa shape index (κ2) is 3.45. The van der Waals surface area contributed by atoms with Crippen LogP contribution in [0.1, 0.15) is 6.42 Å². The highest BCUT2D eigenvalue weighted by atomic mass is 19.3. The van der Waals surface area contributed by atoms with E-state index in [-0.39, 0.29) is 19.0 Å². The summed E-state index contributed by atoms with van der Waals surface area (Å²) in [6.45, 7) is -0.300. The van der Waals surface area contributed by atoms with E-state index in [1.54, 1.807) is 0 Å². The lowest BCUT2D eigenvalue weighted by Gasteiger charge is -2.22. The van der Waals surface area contributed by atoms with Gasteiger partial charge in [0.15, 0.2) is 5.96 Å². The van der Waals surface area contributed by atoms with Crippen LogP contribution in [0, 0.1) is 5.41 Å². The minimum absolute atomic E-state index is 0.176. The van der Waals surface area contributed by atoms with Crippen molar-refractivity contribution in [3.8, 4) is 0 Å². The van der Waals surface area contributed by atoms with Gasteiger partial charge >= 0.3 is 0 Å². The lowest BCUT2D eigenvalue weighted by Crippen LogP contribution is -2.42. The lowest BCUT2D eigenvalue weighted by atomic mass is 10.2. The Kier molecular flexibility index (Phi) is 2.70. The first-order valence-electron chi connectivity index (χ1n) is 3.94. The van der Waals surface area contributed by atoms with Gasteiger partial charge in [-0.25, -0.2) is 8.78 Å². The molecule has 0 unspecified atom stereocenters. The van der Waals surface area contributed by atoms with Crippen LogP contribution >= 0.6 is 0 Å². The maximum Gasteiger partial charge on any atom is 0.267 e. The molecule has 1 rings (SSSR count). The number of nitrogens with zero attached hydrogens (tertiary/aromatic N) is 1. The van der Waals surface area contributed by atoms with Gasteiger partial charge in [-0.05, 0) is 0 Å². The number of hydrogen-bond acceptors (Lipinski definition) is 2. The third-order valence-electron chi connectivity index (χ3n) is 2.05. The van der Waals surface area contributed by atoms with E-state index in [9.17, 15) is 8.78 Å². The smallest absolute Gasteiger partial charge is 0.267 e. The first kappa shape index (κ1) is 10.2. The Morgan fingerprint density at radius 3 is 2.85 bits per heavy atom. The van der Waals surface area contributed by atoms with Gasteiger partial charge in [0.05, 0.1) is 19.2 Å². The number of rotatable bonds is 2. The second-order valence-corrected chi connectivity index (χ2v) is 3.18. The monoisotopic (exact) mass is 193 g/mol. The quantitative estimate of drug-likeness (QED) is 0.487. The van der Waals surface area contributed by atoms with Crippen LogP contribution in [0.5, 0.6) is 0 Å². The third kappa shape index (κ3) is 2.27. The molecule has 1 fully saturated rings. The number of likely N-dealkylation sites (tertiary alicyclic amines) is 1. The van der Waals surface area contributed by atoms with Crippen LogP contribution < -0.4 is 5.73 Å². The van der Waals surface area contributed by atoms with Crippen LogP contribution in [0.3, 0.4) is 0 Å². The van der Waals surface area contributed by atoms with Gasteiger partial charge in [0.2, 0.25) is 0 Å². The summed E-state index contributed by atoms with van der Waals surface area (Å²) in [7, 11) is 1.44. The van der Waals surface area contributed by atoms with Crippen molar-refractivity contribution in [1.29, 1.82) is 5.41 Å². The Morgan fingerprint density at radius 2 is 2.38 bits per heavy atom. The first-order valence-corrected chi connectivity index (χ1v) is 3.94. The fraction of sp³-hybridized carbons (Fsp3) is 0.857. The minimum Gasteiger partial charge on any atom is -0.383 e. The van der Waals surface area contributed by atoms with E-state index in [2.05, 4.69) is 0 Å². The summed E-state index contributed by atoms with van der Waals surface area (Å²) >= 11 is 0. The number of alkyl halides is 2. The van der Waals surface area contributed by atoms with Crippen LogP contribution in [0.2, 0.25) is 0 Å². The van der Waals surface area contributed by atoms with Crippen LogP contribution in [0.4, 0.5) is 8.78 Å². The van der Waals surface area contributed by atoms with Gasteiger partial charge in [-0.3, -0.25) is 5.41 Å². The molecule has 0 bridgehead atoms. The fourth-order valence-electron chi connectivity index (χ4n) is 1.52. The zero-order valence-electron chi connectivity index (χ0n) is 7.39. The SMILES string of the molecule is COC[C@H]1CC(F)(F)CN1C(=N)N. The number of guanidine groups is 1. The second-order valence-electron chi connectivity index (χ2n) is 3.18. The van der Waals surface area contributed by atoms with Crippen molar-refractivity contribution in [2.75, 3.05) is 20.3 Å². The fourth-order valence-corrected chi connectivity index (χ4v) is 1.52. The molecule has 1 saturated heterocycles. The molecule has 0 aromatic rings. The molecule has 1 heterocycles. The van der Waals surface area contributed by atoms with E-state index >= 15 is 0 Å². The van der Waals surface area contributed by atoms with Gasteiger partial charge in [0.1, 0.15) is 0 Å². The average molecular weight is 193 g/mol. The summed E-state index contributed by atoms with van der Waals surface area (Å²) in [5.41, 5.74) is 5.16. The standard InChI is InChI=1S/C7H13F2N3O/c1-13-3-5-2-7(8,9)4-12(5)6(10)11/h5H,2-4H2,1H3,(H3,10,11)/t5-/m1/s1. The third-order valence-corrected chi connectivity index (χ3v) is 2.05. The highest BCUT2D eigenvalue weighted by Gasteiger charge is 2.45. The zero-order chi connectivity index (χ0) is 10.1. The van der Waals surface area contributed by atoms with Crippen LogP contribution in [-0.2, 0) is 4.74 Å². The molecule has 4 nitrogen and oxygen atoms in total. The first-order chi connectivity index (χ1) is 5.96. The molecule has 1 aliphatic rings. The molecule has 0 saturated carbocycles. The molecular weight excluding hydrogens is 180 g/mol. The number of methoxy groups -OCH3 is 1. The van der Waals surface area contributed by atoms with Crippen LogP contribution in [-0.4, -0.2) is 43.1 Å². The van der Waals surface area contributed by atoms with E-state index in [0.717, 1.165) is 0 Å². The van der Waals surface area contributed by atoms with E-state index in [4.69, 9.17) is 15.9 Å². The summed E-state index contributed by atoms with van der Waals surface area (Å²) in [5, 5.41) is 7.09. The molecule has 0 aromatic heterocycles. The largest absolute Gasteiger partial charge is 0.383 e. The van der Waals surface area contributed by atoms with Crippen molar-refractivity contribution < 1.29 is 13.5 Å². The van der Waals surface area contributed by atoms with E-state index in [1.165, 1.54) is 12.0 Å². The Labute approximate surface area is 75.2 Å². The maximum atomic E-state index is 12.9. The molecule has 1 aliphatic heterocycles. The summed E-state index contributed by atoms with van der Waals surface area (Å²) in [6, 6.07) is -0.475. The summed E-state index contributed by atoms with van der Waals surface area (Å²) < 4.78 is 30.5. The average Bonchev–Trinajstić information content (AvgIpc) is 2.26. The van der Waals surface area contributed by atoms with Gasteiger partial charge in [-0.1, -0.05) is 0 Å².